The number of benzene rings is 2. The van der Waals surface area contributed by atoms with Crippen molar-refractivity contribution in [1.29, 1.82) is 0 Å². The summed E-state index contributed by atoms with van der Waals surface area (Å²) in [5.41, 5.74) is 10.1. The van der Waals surface area contributed by atoms with Gasteiger partial charge in [0.25, 0.3) is 0 Å². The molecule has 0 bridgehead atoms. The lowest BCUT2D eigenvalue weighted by molar-refractivity contribution is 0.406. The summed E-state index contributed by atoms with van der Waals surface area (Å²) in [4.78, 5) is 0. The maximum Gasteiger partial charge on any atom is 0.123 e. The molecule has 1 aliphatic rings. The molecule has 0 fully saturated rings. The van der Waals surface area contributed by atoms with E-state index < -0.39 is 0 Å². The predicted molar refractivity (Wildman–Crippen MR) is 95.0 cm³/mol. The molecule has 2 aromatic rings. The Morgan fingerprint density at radius 2 is 2.00 bits per heavy atom. The van der Waals surface area contributed by atoms with Gasteiger partial charge in [0.1, 0.15) is 5.75 Å². The number of nitrogens with one attached hydrogen (secondary N) is 2. The Balaban J connectivity index is 1.48. The Morgan fingerprint density at radius 3 is 2.87 bits per heavy atom. The van der Waals surface area contributed by atoms with Gasteiger partial charge in [-0.1, -0.05) is 36.4 Å². The van der Waals surface area contributed by atoms with Crippen molar-refractivity contribution in [2.24, 2.45) is 5.73 Å². The van der Waals surface area contributed by atoms with Crippen LogP contribution in [0, 0.1) is 0 Å². The van der Waals surface area contributed by atoms with Crippen molar-refractivity contribution in [3.8, 4) is 5.75 Å². The molecule has 0 radical (unpaired) electrons. The lowest BCUT2D eigenvalue weighted by Gasteiger charge is -2.18. The highest BCUT2D eigenvalue weighted by atomic mass is 16.5. The number of fused-ring (bicyclic) bond motifs is 1. The zero-order chi connectivity index (χ0) is 16.1. The zero-order valence-corrected chi connectivity index (χ0v) is 13.6. The van der Waals surface area contributed by atoms with E-state index in [-0.39, 0.29) is 6.04 Å². The van der Waals surface area contributed by atoms with Crippen molar-refractivity contribution in [2.45, 2.75) is 24.9 Å². The van der Waals surface area contributed by atoms with Crippen molar-refractivity contribution < 1.29 is 4.74 Å². The van der Waals surface area contributed by atoms with Crippen LogP contribution >= 0.6 is 0 Å². The highest BCUT2D eigenvalue weighted by molar-refractivity contribution is 5.57. The summed E-state index contributed by atoms with van der Waals surface area (Å²) in [7, 11) is 1.70. The topological polar surface area (TPSA) is 59.3 Å². The van der Waals surface area contributed by atoms with Crippen LogP contribution in [-0.4, -0.2) is 26.2 Å². The molecule has 0 aromatic heterocycles. The number of anilines is 1. The van der Waals surface area contributed by atoms with E-state index in [1.165, 1.54) is 11.3 Å². The normalized spacial score (nSPS) is 17.4. The van der Waals surface area contributed by atoms with Crippen LogP contribution in [0.3, 0.4) is 0 Å². The number of methoxy groups -OCH3 is 1. The molecule has 4 heteroatoms. The molecule has 0 spiro atoms. The van der Waals surface area contributed by atoms with Crippen molar-refractivity contribution >= 4 is 5.69 Å². The maximum atomic E-state index is 6.32. The molecule has 0 amide bonds. The average Bonchev–Trinajstić information content (AvgIpc) is 2.98. The summed E-state index contributed by atoms with van der Waals surface area (Å²) in [6, 6.07) is 16.7. The second-order valence-electron chi connectivity index (χ2n) is 6.10. The first kappa shape index (κ1) is 15.8. The second-order valence-corrected chi connectivity index (χ2v) is 6.10. The Kier molecular flexibility index (Phi) is 5.16. The molecule has 1 aliphatic heterocycles. The molecule has 0 aliphatic carbocycles. The van der Waals surface area contributed by atoms with Crippen LogP contribution in [0.2, 0.25) is 0 Å². The van der Waals surface area contributed by atoms with Gasteiger partial charge in [0, 0.05) is 42.8 Å². The third kappa shape index (κ3) is 3.84. The monoisotopic (exact) mass is 311 g/mol. The molecule has 122 valence electrons. The fraction of sp³-hybridized carbons (Fsp3) is 0.368. The molecule has 1 heterocycles. The molecule has 2 unspecified atom stereocenters. The molecule has 2 aromatic carbocycles. The minimum Gasteiger partial charge on any atom is -0.496 e. The first-order chi connectivity index (χ1) is 11.3. The number of hydrogen-bond donors (Lipinski definition) is 3. The molecule has 2 atom stereocenters. The second kappa shape index (κ2) is 7.49. The van der Waals surface area contributed by atoms with Gasteiger partial charge >= 0.3 is 0 Å². The summed E-state index contributed by atoms with van der Waals surface area (Å²) in [6.07, 6.45) is 0.989. The van der Waals surface area contributed by atoms with Gasteiger partial charge in [0.15, 0.2) is 0 Å². The number of rotatable bonds is 7. The van der Waals surface area contributed by atoms with Gasteiger partial charge < -0.3 is 21.1 Å². The summed E-state index contributed by atoms with van der Waals surface area (Å²) in [6.45, 7) is 2.56. The van der Waals surface area contributed by atoms with Crippen LogP contribution in [-0.2, 0) is 6.54 Å². The fourth-order valence-electron chi connectivity index (χ4n) is 3.26. The van der Waals surface area contributed by atoms with E-state index in [0.29, 0.717) is 5.92 Å². The van der Waals surface area contributed by atoms with Crippen LogP contribution in [0.25, 0.3) is 0 Å². The van der Waals surface area contributed by atoms with Crippen LogP contribution in [0.1, 0.15) is 23.5 Å². The standard InChI is InChI=1S/C19H25N3O/c1-23-19-9-5-2-6-14(19)11-21-13-16(20)10-15-12-22-18-8-4-3-7-17(15)18/h2-9,15-16,21-22H,10-13,20H2,1H3. The van der Waals surface area contributed by atoms with E-state index in [2.05, 4.69) is 41.0 Å². The molecule has 4 N–H and O–H groups in total. The first-order valence-electron chi connectivity index (χ1n) is 8.19. The minimum absolute atomic E-state index is 0.141. The molecule has 23 heavy (non-hydrogen) atoms. The number of hydrogen-bond acceptors (Lipinski definition) is 4. The Bertz CT molecular complexity index is 644. The van der Waals surface area contributed by atoms with Gasteiger partial charge in [-0.25, -0.2) is 0 Å². The lowest BCUT2D eigenvalue weighted by Crippen LogP contribution is -2.35. The number of nitrogens with two attached hydrogens (primary N) is 1. The highest BCUT2D eigenvalue weighted by Crippen LogP contribution is 2.33. The van der Waals surface area contributed by atoms with Gasteiger partial charge in [-0.3, -0.25) is 0 Å². The van der Waals surface area contributed by atoms with Crippen molar-refractivity contribution in [3.63, 3.8) is 0 Å². The smallest absolute Gasteiger partial charge is 0.123 e. The third-order valence-electron chi connectivity index (χ3n) is 4.44. The zero-order valence-electron chi connectivity index (χ0n) is 13.6. The van der Waals surface area contributed by atoms with E-state index in [9.17, 15) is 0 Å². The van der Waals surface area contributed by atoms with Gasteiger partial charge in [0.2, 0.25) is 0 Å². The summed E-state index contributed by atoms with van der Waals surface area (Å²) in [5, 5.41) is 6.91. The number of ether oxygens (including phenoxy) is 1. The van der Waals surface area contributed by atoms with Crippen LogP contribution in [0.5, 0.6) is 5.75 Å². The largest absolute Gasteiger partial charge is 0.496 e. The Hall–Kier alpha value is -2.04. The van der Waals surface area contributed by atoms with Gasteiger partial charge in [0.05, 0.1) is 7.11 Å². The van der Waals surface area contributed by atoms with Crippen molar-refractivity contribution in [2.75, 3.05) is 25.5 Å². The van der Waals surface area contributed by atoms with Gasteiger partial charge in [-0.05, 0) is 24.1 Å². The Labute approximate surface area is 138 Å². The fourth-order valence-corrected chi connectivity index (χ4v) is 3.26. The van der Waals surface area contributed by atoms with E-state index in [1.54, 1.807) is 7.11 Å². The molecular formula is C19H25N3O. The van der Waals surface area contributed by atoms with Crippen LogP contribution < -0.4 is 21.1 Å². The third-order valence-corrected chi connectivity index (χ3v) is 4.44. The van der Waals surface area contributed by atoms with Gasteiger partial charge in [-0.15, -0.1) is 0 Å². The van der Waals surface area contributed by atoms with Gasteiger partial charge in [-0.2, -0.15) is 0 Å². The lowest BCUT2D eigenvalue weighted by atomic mass is 9.94. The van der Waals surface area contributed by atoms with E-state index in [1.807, 2.05) is 18.2 Å². The first-order valence-corrected chi connectivity index (χ1v) is 8.19. The molecular weight excluding hydrogens is 286 g/mol. The predicted octanol–water partition coefficient (Wildman–Crippen LogP) is 2.71. The van der Waals surface area contributed by atoms with Crippen molar-refractivity contribution in [3.05, 3.63) is 59.7 Å². The quantitative estimate of drug-likeness (QED) is 0.736. The molecule has 0 saturated carbocycles. The van der Waals surface area contributed by atoms with Crippen LogP contribution in [0.15, 0.2) is 48.5 Å². The van der Waals surface area contributed by atoms with E-state index in [0.717, 1.165) is 37.4 Å². The Morgan fingerprint density at radius 1 is 1.22 bits per heavy atom. The summed E-state index contributed by atoms with van der Waals surface area (Å²) < 4.78 is 5.37. The van der Waals surface area contributed by atoms with E-state index in [4.69, 9.17) is 10.5 Å². The maximum absolute atomic E-state index is 6.32. The summed E-state index contributed by atoms with van der Waals surface area (Å²) >= 11 is 0. The van der Waals surface area contributed by atoms with Crippen LogP contribution in [0.4, 0.5) is 5.69 Å². The molecule has 3 rings (SSSR count). The summed E-state index contributed by atoms with van der Waals surface area (Å²) in [5.74, 6) is 1.43. The van der Waals surface area contributed by atoms with E-state index >= 15 is 0 Å². The van der Waals surface area contributed by atoms with Crippen molar-refractivity contribution in [1.82, 2.24) is 5.32 Å². The molecule has 4 nitrogen and oxygen atoms in total. The highest BCUT2D eigenvalue weighted by Gasteiger charge is 2.23. The SMILES string of the molecule is COc1ccccc1CNCC(N)CC1CNc2ccccc21. The average molecular weight is 311 g/mol. The number of para-hydroxylation sites is 2. The molecule has 0 saturated heterocycles. The minimum atomic E-state index is 0.141.